The van der Waals surface area contributed by atoms with Crippen molar-refractivity contribution in [2.45, 2.75) is 38.0 Å². The molecule has 2 atom stereocenters. The zero-order valence-corrected chi connectivity index (χ0v) is 8.65. The number of rotatable bonds is 6. The molecule has 5 N–H and O–H groups in total. The van der Waals surface area contributed by atoms with E-state index in [4.69, 9.17) is 15.8 Å². The van der Waals surface area contributed by atoms with E-state index in [1.807, 2.05) is 0 Å². The fourth-order valence-corrected chi connectivity index (χ4v) is 1.99. The highest BCUT2D eigenvalue weighted by Crippen LogP contribution is 2.16. The Kier molecular flexibility index (Phi) is 5.48. The van der Waals surface area contributed by atoms with Crippen molar-refractivity contribution in [1.29, 1.82) is 0 Å². The minimum Gasteiger partial charge on any atom is -0.427 e. The number of nitrogens with one attached hydrogen (secondary N) is 1. The lowest BCUT2D eigenvalue weighted by Crippen LogP contribution is -2.31. The van der Waals surface area contributed by atoms with Gasteiger partial charge in [0.25, 0.3) is 0 Å². The molecule has 0 bridgehead atoms. The van der Waals surface area contributed by atoms with Crippen LogP contribution < -0.4 is 11.1 Å². The second-order valence-electron chi connectivity index (χ2n) is 4.18. The Morgan fingerprint density at radius 1 is 1.43 bits per heavy atom. The van der Waals surface area contributed by atoms with Gasteiger partial charge in [0.2, 0.25) is 0 Å². The Labute approximate surface area is 86.0 Å². The lowest BCUT2D eigenvalue weighted by molar-refractivity contribution is 0.392. The summed E-state index contributed by atoms with van der Waals surface area (Å²) >= 11 is 0. The molecule has 0 spiro atoms. The molecule has 14 heavy (non-hydrogen) atoms. The maximum atomic E-state index is 8.64. The first kappa shape index (κ1) is 12.0. The van der Waals surface area contributed by atoms with Crippen LogP contribution in [0.5, 0.6) is 0 Å². The summed E-state index contributed by atoms with van der Waals surface area (Å²) in [6.45, 7) is 2.14. The van der Waals surface area contributed by atoms with Crippen molar-refractivity contribution in [3.05, 3.63) is 0 Å². The number of nitrogens with two attached hydrogens (primary N) is 1. The van der Waals surface area contributed by atoms with E-state index in [9.17, 15) is 0 Å². The van der Waals surface area contributed by atoms with Gasteiger partial charge in [-0.15, -0.1) is 0 Å². The molecule has 1 unspecified atom stereocenters. The van der Waals surface area contributed by atoms with Crippen molar-refractivity contribution in [2.24, 2.45) is 11.7 Å². The summed E-state index contributed by atoms with van der Waals surface area (Å²) in [5, 5.41) is 20.6. The molecule has 0 aromatic heterocycles. The highest BCUT2D eigenvalue weighted by Gasteiger charge is 2.21. The van der Waals surface area contributed by atoms with Gasteiger partial charge >= 0.3 is 7.12 Å². The summed E-state index contributed by atoms with van der Waals surface area (Å²) in [5.74, 6) is 0.619. The molecule has 1 fully saturated rings. The highest BCUT2D eigenvalue weighted by atomic mass is 16.4. The molecule has 0 aliphatic carbocycles. The Balaban J connectivity index is 1.99. The van der Waals surface area contributed by atoms with Gasteiger partial charge in [0.15, 0.2) is 0 Å². The van der Waals surface area contributed by atoms with E-state index < -0.39 is 7.12 Å². The molecular weight excluding hydrogens is 179 g/mol. The van der Waals surface area contributed by atoms with Crippen LogP contribution >= 0.6 is 0 Å². The van der Waals surface area contributed by atoms with Crippen molar-refractivity contribution in [2.75, 3.05) is 13.1 Å². The Hall–Kier alpha value is -0.0951. The molecular formula is C9H21BN2O2. The standard InChI is InChI=1S/C9H21BN2O2/c11-9(8-4-6-12-7-8)3-1-2-5-10(13)14/h8-9,12-14H,1-7,11H2/t8-,9?/m1/s1. The molecule has 0 aromatic rings. The van der Waals surface area contributed by atoms with Crippen LogP contribution in [0, 0.1) is 5.92 Å². The maximum absolute atomic E-state index is 8.64. The fourth-order valence-electron chi connectivity index (χ4n) is 1.99. The van der Waals surface area contributed by atoms with E-state index in [-0.39, 0.29) is 6.04 Å². The number of hydrogen-bond acceptors (Lipinski definition) is 4. The molecule has 5 heteroatoms. The van der Waals surface area contributed by atoms with E-state index in [0.29, 0.717) is 12.2 Å². The van der Waals surface area contributed by atoms with E-state index in [1.165, 1.54) is 6.42 Å². The van der Waals surface area contributed by atoms with Crippen LogP contribution in [0.15, 0.2) is 0 Å². The third-order valence-electron chi connectivity index (χ3n) is 2.95. The van der Waals surface area contributed by atoms with E-state index in [1.54, 1.807) is 0 Å². The summed E-state index contributed by atoms with van der Waals surface area (Å²) in [4.78, 5) is 0. The van der Waals surface area contributed by atoms with Crippen molar-refractivity contribution in [3.63, 3.8) is 0 Å². The minimum absolute atomic E-state index is 0.279. The largest absolute Gasteiger partial charge is 0.451 e. The lowest BCUT2D eigenvalue weighted by Gasteiger charge is -2.17. The van der Waals surface area contributed by atoms with Gasteiger partial charge in [-0.3, -0.25) is 0 Å². The first-order valence-electron chi connectivity index (χ1n) is 5.52. The van der Waals surface area contributed by atoms with Crippen LogP contribution in [0.1, 0.15) is 25.7 Å². The van der Waals surface area contributed by atoms with Crippen LogP contribution in [0.3, 0.4) is 0 Å². The summed E-state index contributed by atoms with van der Waals surface area (Å²) in [6.07, 6.45) is 4.50. The number of unbranched alkanes of at least 4 members (excludes halogenated alkanes) is 1. The molecule has 0 aromatic carbocycles. The normalized spacial score (nSPS) is 23.8. The Morgan fingerprint density at radius 2 is 2.21 bits per heavy atom. The van der Waals surface area contributed by atoms with Crippen molar-refractivity contribution >= 4 is 7.12 Å². The molecule has 0 saturated carbocycles. The third-order valence-corrected chi connectivity index (χ3v) is 2.95. The molecule has 1 aliphatic rings. The molecule has 1 heterocycles. The van der Waals surface area contributed by atoms with Crippen molar-refractivity contribution < 1.29 is 10.0 Å². The van der Waals surface area contributed by atoms with Gasteiger partial charge in [0.1, 0.15) is 0 Å². The number of hydrogen-bond donors (Lipinski definition) is 4. The van der Waals surface area contributed by atoms with Gasteiger partial charge in [-0.25, -0.2) is 0 Å². The van der Waals surface area contributed by atoms with Crippen LogP contribution in [-0.2, 0) is 0 Å². The van der Waals surface area contributed by atoms with Crippen molar-refractivity contribution in [1.82, 2.24) is 5.32 Å². The second kappa shape index (κ2) is 6.40. The van der Waals surface area contributed by atoms with E-state index in [0.717, 1.165) is 32.4 Å². The fraction of sp³-hybridized carbons (Fsp3) is 1.00. The van der Waals surface area contributed by atoms with Crippen molar-refractivity contribution in [3.8, 4) is 0 Å². The van der Waals surface area contributed by atoms with E-state index >= 15 is 0 Å². The highest BCUT2D eigenvalue weighted by molar-refractivity contribution is 6.40. The summed E-state index contributed by atoms with van der Waals surface area (Å²) in [6, 6.07) is 0.279. The van der Waals surface area contributed by atoms with Crippen LogP contribution in [0.2, 0.25) is 6.32 Å². The van der Waals surface area contributed by atoms with Gasteiger partial charge in [-0.05, 0) is 38.2 Å². The zero-order valence-electron chi connectivity index (χ0n) is 8.65. The Morgan fingerprint density at radius 3 is 2.79 bits per heavy atom. The summed E-state index contributed by atoms with van der Waals surface area (Å²) < 4.78 is 0. The molecule has 0 amide bonds. The molecule has 0 radical (unpaired) electrons. The van der Waals surface area contributed by atoms with Crippen LogP contribution in [0.4, 0.5) is 0 Å². The average Bonchev–Trinajstić information content (AvgIpc) is 2.64. The summed E-state index contributed by atoms with van der Waals surface area (Å²) in [5.41, 5.74) is 6.03. The van der Waals surface area contributed by atoms with Crippen LogP contribution in [0.25, 0.3) is 0 Å². The SMILES string of the molecule is NC(CCCCB(O)O)[C@@H]1CCNC1. The lowest BCUT2D eigenvalue weighted by atomic mass is 9.82. The summed E-state index contributed by atoms with van der Waals surface area (Å²) in [7, 11) is -1.15. The molecule has 1 rings (SSSR count). The topological polar surface area (TPSA) is 78.5 Å². The zero-order chi connectivity index (χ0) is 10.4. The molecule has 82 valence electrons. The quantitative estimate of drug-likeness (QED) is 0.346. The first-order valence-corrected chi connectivity index (χ1v) is 5.52. The van der Waals surface area contributed by atoms with Crippen LogP contribution in [-0.4, -0.2) is 36.3 Å². The average molecular weight is 200 g/mol. The first-order chi connectivity index (χ1) is 6.70. The maximum Gasteiger partial charge on any atom is 0.451 e. The molecule has 1 aliphatic heterocycles. The predicted molar refractivity (Wildman–Crippen MR) is 57.8 cm³/mol. The molecule has 1 saturated heterocycles. The Bertz CT molecular complexity index is 152. The second-order valence-corrected chi connectivity index (χ2v) is 4.18. The van der Waals surface area contributed by atoms with Gasteiger partial charge in [-0.1, -0.05) is 12.8 Å². The smallest absolute Gasteiger partial charge is 0.427 e. The minimum atomic E-state index is -1.15. The van der Waals surface area contributed by atoms with Gasteiger partial charge in [0, 0.05) is 6.04 Å². The van der Waals surface area contributed by atoms with Gasteiger partial charge in [0.05, 0.1) is 0 Å². The molecule has 4 nitrogen and oxygen atoms in total. The predicted octanol–water partition coefficient (Wildman–Crippen LogP) is -0.434. The third kappa shape index (κ3) is 4.42. The van der Waals surface area contributed by atoms with Gasteiger partial charge < -0.3 is 21.1 Å². The monoisotopic (exact) mass is 200 g/mol. The van der Waals surface area contributed by atoms with E-state index in [2.05, 4.69) is 5.32 Å². The van der Waals surface area contributed by atoms with Gasteiger partial charge in [-0.2, -0.15) is 0 Å².